The lowest BCUT2D eigenvalue weighted by Crippen LogP contribution is -2.35. The molecule has 0 heterocycles. The summed E-state index contributed by atoms with van der Waals surface area (Å²) in [6.45, 7) is 2.89. The van der Waals surface area contributed by atoms with Gasteiger partial charge in [0, 0.05) is 18.8 Å². The molecule has 1 aliphatic carbocycles. The minimum Gasteiger partial charge on any atom is -0.313 e. The lowest BCUT2D eigenvalue weighted by atomic mass is 9.87. The first kappa shape index (κ1) is 12.0. The third-order valence-corrected chi connectivity index (χ3v) is 3.87. The van der Waals surface area contributed by atoms with Crippen molar-refractivity contribution in [3.8, 4) is 0 Å². The Morgan fingerprint density at radius 3 is 2.29 bits per heavy atom. The number of hydrogen-bond donors (Lipinski definition) is 1. The van der Waals surface area contributed by atoms with Crippen LogP contribution in [-0.4, -0.2) is 33.0 Å². The standard InChI is InChI=1S/C10H21NO2S/c1-9-3-5-10(6-4-9)11-7-8-14(2,12)13/h9-11H,3-8H2,1-2H3/t9-,10-. The Bertz CT molecular complexity index is 253. The van der Waals surface area contributed by atoms with Crippen LogP contribution < -0.4 is 5.32 Å². The second-order valence-electron chi connectivity index (χ2n) is 4.54. The molecule has 0 aromatic heterocycles. The van der Waals surface area contributed by atoms with Crippen LogP contribution in [0, 0.1) is 5.92 Å². The molecular weight excluding hydrogens is 198 g/mol. The molecule has 4 heteroatoms. The first-order chi connectivity index (χ1) is 6.47. The van der Waals surface area contributed by atoms with Crippen LogP contribution in [0.5, 0.6) is 0 Å². The van der Waals surface area contributed by atoms with Gasteiger partial charge in [-0.15, -0.1) is 0 Å². The van der Waals surface area contributed by atoms with Gasteiger partial charge in [-0.25, -0.2) is 8.42 Å². The van der Waals surface area contributed by atoms with E-state index >= 15 is 0 Å². The lowest BCUT2D eigenvalue weighted by molar-refractivity contribution is 0.311. The zero-order chi connectivity index (χ0) is 10.6. The van der Waals surface area contributed by atoms with Crippen LogP contribution >= 0.6 is 0 Å². The summed E-state index contributed by atoms with van der Waals surface area (Å²) in [5.74, 6) is 1.11. The molecule has 0 amide bonds. The smallest absolute Gasteiger partial charge is 0.148 e. The molecule has 0 unspecified atom stereocenters. The van der Waals surface area contributed by atoms with Crippen molar-refractivity contribution in [1.29, 1.82) is 0 Å². The molecule has 0 atom stereocenters. The second kappa shape index (κ2) is 5.12. The summed E-state index contributed by atoms with van der Waals surface area (Å²) >= 11 is 0. The number of sulfone groups is 1. The molecule has 0 radical (unpaired) electrons. The molecule has 0 aromatic carbocycles. The van der Waals surface area contributed by atoms with Crippen LogP contribution in [-0.2, 0) is 9.84 Å². The summed E-state index contributed by atoms with van der Waals surface area (Å²) in [4.78, 5) is 0. The van der Waals surface area contributed by atoms with Crippen LogP contribution in [0.15, 0.2) is 0 Å². The van der Waals surface area contributed by atoms with Gasteiger partial charge in [-0.2, -0.15) is 0 Å². The molecule has 0 aromatic rings. The summed E-state index contributed by atoms with van der Waals surface area (Å²) < 4.78 is 21.8. The fourth-order valence-corrected chi connectivity index (χ4v) is 2.40. The maximum absolute atomic E-state index is 10.9. The fourth-order valence-electron chi connectivity index (χ4n) is 1.91. The van der Waals surface area contributed by atoms with Crippen LogP contribution in [0.3, 0.4) is 0 Å². The van der Waals surface area contributed by atoms with Crippen molar-refractivity contribution in [1.82, 2.24) is 5.32 Å². The second-order valence-corrected chi connectivity index (χ2v) is 6.80. The Hall–Kier alpha value is -0.0900. The highest BCUT2D eigenvalue weighted by atomic mass is 32.2. The molecule has 3 nitrogen and oxygen atoms in total. The third-order valence-electron chi connectivity index (χ3n) is 2.92. The molecule has 0 bridgehead atoms. The van der Waals surface area contributed by atoms with Crippen molar-refractivity contribution < 1.29 is 8.42 Å². The van der Waals surface area contributed by atoms with E-state index in [9.17, 15) is 8.42 Å². The van der Waals surface area contributed by atoms with Gasteiger partial charge in [0.2, 0.25) is 0 Å². The van der Waals surface area contributed by atoms with E-state index in [1.165, 1.54) is 31.9 Å². The molecule has 0 spiro atoms. The van der Waals surface area contributed by atoms with Crippen LogP contribution in [0.4, 0.5) is 0 Å². The van der Waals surface area contributed by atoms with Crippen molar-refractivity contribution >= 4 is 9.84 Å². The largest absolute Gasteiger partial charge is 0.313 e. The molecule has 1 aliphatic rings. The molecule has 0 saturated heterocycles. The predicted molar refractivity (Wildman–Crippen MR) is 59.1 cm³/mol. The number of rotatable bonds is 4. The Morgan fingerprint density at radius 1 is 1.21 bits per heavy atom. The number of nitrogens with one attached hydrogen (secondary N) is 1. The van der Waals surface area contributed by atoms with Gasteiger partial charge in [-0.05, 0) is 31.6 Å². The molecule has 0 aliphatic heterocycles. The SMILES string of the molecule is CS(=O)(=O)CCN[C@H]1CC[C@H](C)CC1. The van der Waals surface area contributed by atoms with E-state index in [2.05, 4.69) is 12.2 Å². The van der Waals surface area contributed by atoms with E-state index < -0.39 is 9.84 Å². The van der Waals surface area contributed by atoms with Gasteiger partial charge in [-0.1, -0.05) is 6.92 Å². The van der Waals surface area contributed by atoms with E-state index in [4.69, 9.17) is 0 Å². The van der Waals surface area contributed by atoms with E-state index in [1.54, 1.807) is 0 Å². The minimum absolute atomic E-state index is 0.263. The van der Waals surface area contributed by atoms with E-state index in [1.807, 2.05) is 0 Å². The Kier molecular flexibility index (Phi) is 4.38. The van der Waals surface area contributed by atoms with E-state index in [0.717, 1.165) is 5.92 Å². The average Bonchev–Trinajstić information content (AvgIpc) is 2.06. The molecule has 1 N–H and O–H groups in total. The highest BCUT2D eigenvalue weighted by Gasteiger charge is 2.17. The topological polar surface area (TPSA) is 46.2 Å². The van der Waals surface area contributed by atoms with Gasteiger partial charge >= 0.3 is 0 Å². The Balaban J connectivity index is 2.14. The first-order valence-corrected chi connectivity index (χ1v) is 7.44. The van der Waals surface area contributed by atoms with Gasteiger partial charge in [0.05, 0.1) is 5.75 Å². The van der Waals surface area contributed by atoms with Gasteiger partial charge in [0.15, 0.2) is 0 Å². The van der Waals surface area contributed by atoms with Crippen molar-refractivity contribution in [3.63, 3.8) is 0 Å². The van der Waals surface area contributed by atoms with Crippen molar-refractivity contribution in [3.05, 3.63) is 0 Å². The molecular formula is C10H21NO2S. The van der Waals surface area contributed by atoms with E-state index in [-0.39, 0.29) is 5.75 Å². The van der Waals surface area contributed by atoms with Crippen molar-refractivity contribution in [2.45, 2.75) is 38.6 Å². The zero-order valence-electron chi connectivity index (χ0n) is 9.12. The lowest BCUT2D eigenvalue weighted by Gasteiger charge is -2.26. The summed E-state index contributed by atoms with van der Waals surface area (Å²) in [7, 11) is -2.80. The summed E-state index contributed by atoms with van der Waals surface area (Å²) in [6, 6.07) is 0.549. The first-order valence-electron chi connectivity index (χ1n) is 5.38. The number of hydrogen-bond acceptors (Lipinski definition) is 3. The van der Waals surface area contributed by atoms with Gasteiger partial charge < -0.3 is 5.32 Å². The van der Waals surface area contributed by atoms with Crippen molar-refractivity contribution in [2.24, 2.45) is 5.92 Å². The maximum Gasteiger partial charge on any atom is 0.148 e. The molecule has 84 valence electrons. The normalized spacial score (nSPS) is 29.0. The fraction of sp³-hybridized carbons (Fsp3) is 1.00. The molecule has 14 heavy (non-hydrogen) atoms. The molecule has 1 fully saturated rings. The maximum atomic E-state index is 10.9. The van der Waals surface area contributed by atoms with Crippen LogP contribution in [0.25, 0.3) is 0 Å². The van der Waals surface area contributed by atoms with Gasteiger partial charge in [0.1, 0.15) is 9.84 Å². The highest BCUT2D eigenvalue weighted by molar-refractivity contribution is 7.90. The summed E-state index contributed by atoms with van der Waals surface area (Å²) in [5, 5.41) is 3.32. The monoisotopic (exact) mass is 219 g/mol. The van der Waals surface area contributed by atoms with E-state index in [0.29, 0.717) is 12.6 Å². The summed E-state index contributed by atoms with van der Waals surface area (Å²) in [6.07, 6.45) is 6.24. The predicted octanol–water partition coefficient (Wildman–Crippen LogP) is 1.20. The van der Waals surface area contributed by atoms with Gasteiger partial charge in [-0.3, -0.25) is 0 Å². The summed E-state index contributed by atoms with van der Waals surface area (Å²) in [5.41, 5.74) is 0. The minimum atomic E-state index is -2.80. The average molecular weight is 219 g/mol. The quantitative estimate of drug-likeness (QED) is 0.773. The van der Waals surface area contributed by atoms with Crippen LogP contribution in [0.2, 0.25) is 0 Å². The van der Waals surface area contributed by atoms with Crippen LogP contribution in [0.1, 0.15) is 32.6 Å². The highest BCUT2D eigenvalue weighted by Crippen LogP contribution is 2.23. The van der Waals surface area contributed by atoms with Gasteiger partial charge in [0.25, 0.3) is 0 Å². The third kappa shape index (κ3) is 4.96. The Morgan fingerprint density at radius 2 is 1.79 bits per heavy atom. The molecule has 1 saturated carbocycles. The molecule has 1 rings (SSSR count). The van der Waals surface area contributed by atoms with Crippen molar-refractivity contribution in [2.75, 3.05) is 18.6 Å². The Labute approximate surface area is 87.2 Å². The zero-order valence-corrected chi connectivity index (χ0v) is 9.94.